The van der Waals surface area contributed by atoms with Crippen LogP contribution < -0.4 is 5.32 Å². The molecule has 0 saturated heterocycles. The van der Waals surface area contributed by atoms with E-state index in [2.05, 4.69) is 25.5 Å². The number of hydrogen-bond donors (Lipinski definition) is 3. The summed E-state index contributed by atoms with van der Waals surface area (Å²) >= 11 is 0. The van der Waals surface area contributed by atoms with Gasteiger partial charge < -0.3 is 4.98 Å². The van der Waals surface area contributed by atoms with Gasteiger partial charge in [-0.1, -0.05) is 18.2 Å². The van der Waals surface area contributed by atoms with Crippen molar-refractivity contribution in [3.05, 3.63) is 41.9 Å². The number of para-hydroxylation sites is 1. The molecule has 0 aliphatic rings. The van der Waals surface area contributed by atoms with Crippen molar-refractivity contribution in [1.82, 2.24) is 20.2 Å². The van der Waals surface area contributed by atoms with E-state index < -0.39 is 0 Å². The van der Waals surface area contributed by atoms with Crippen LogP contribution in [0.3, 0.4) is 0 Å². The Labute approximate surface area is 109 Å². The summed E-state index contributed by atoms with van der Waals surface area (Å²) in [4.78, 5) is 19.1. The highest BCUT2D eigenvalue weighted by atomic mass is 16.1. The van der Waals surface area contributed by atoms with E-state index in [-0.39, 0.29) is 5.91 Å². The fraction of sp³-hybridized carbons (Fsp3) is 0.154. The number of aromatic amines is 2. The Bertz CT molecular complexity index is 714. The number of carbonyl (C=O) groups is 1. The molecule has 2 heterocycles. The molecule has 19 heavy (non-hydrogen) atoms. The maximum atomic E-state index is 12.0. The van der Waals surface area contributed by atoms with Gasteiger partial charge in [-0.05, 0) is 18.6 Å². The molecule has 3 aromatic rings. The van der Waals surface area contributed by atoms with Crippen LogP contribution in [-0.2, 0) is 11.2 Å². The lowest BCUT2D eigenvalue weighted by Gasteiger charge is -2.02. The molecular weight excluding hydrogens is 242 g/mol. The summed E-state index contributed by atoms with van der Waals surface area (Å²) in [5.74, 6) is 0.243. The highest BCUT2D eigenvalue weighted by Crippen LogP contribution is 2.22. The van der Waals surface area contributed by atoms with Gasteiger partial charge in [0.15, 0.2) is 0 Å². The Morgan fingerprint density at radius 1 is 1.37 bits per heavy atom. The van der Waals surface area contributed by atoms with Gasteiger partial charge in [0.25, 0.3) is 0 Å². The molecule has 0 aliphatic heterocycles. The van der Waals surface area contributed by atoms with E-state index in [9.17, 15) is 4.79 Å². The summed E-state index contributed by atoms with van der Waals surface area (Å²) in [6, 6.07) is 7.94. The molecule has 0 aliphatic carbocycles. The molecule has 0 radical (unpaired) electrons. The largest absolute Gasteiger partial charge is 0.358 e. The van der Waals surface area contributed by atoms with Crippen LogP contribution in [0.1, 0.15) is 11.3 Å². The number of nitrogens with one attached hydrogen (secondary N) is 3. The lowest BCUT2D eigenvalue weighted by atomic mass is 10.1. The third kappa shape index (κ3) is 2.20. The second kappa shape index (κ2) is 4.56. The number of amides is 1. The Balaban J connectivity index is 1.85. The molecule has 6 nitrogen and oxygen atoms in total. The minimum Gasteiger partial charge on any atom is -0.358 e. The van der Waals surface area contributed by atoms with Gasteiger partial charge in [0.1, 0.15) is 6.33 Å². The van der Waals surface area contributed by atoms with Crippen molar-refractivity contribution in [3.63, 3.8) is 0 Å². The average Bonchev–Trinajstić information content (AvgIpc) is 2.99. The average molecular weight is 255 g/mol. The fourth-order valence-corrected chi connectivity index (χ4v) is 2.17. The van der Waals surface area contributed by atoms with Gasteiger partial charge in [0.05, 0.1) is 6.42 Å². The quantitative estimate of drug-likeness (QED) is 0.666. The van der Waals surface area contributed by atoms with E-state index in [0.717, 1.165) is 22.2 Å². The van der Waals surface area contributed by atoms with Crippen LogP contribution in [0, 0.1) is 6.92 Å². The zero-order chi connectivity index (χ0) is 13.2. The molecule has 2 aromatic heterocycles. The van der Waals surface area contributed by atoms with E-state index in [1.165, 1.54) is 6.33 Å². The van der Waals surface area contributed by atoms with Crippen LogP contribution in [0.2, 0.25) is 0 Å². The first-order valence-electron chi connectivity index (χ1n) is 5.95. The van der Waals surface area contributed by atoms with E-state index >= 15 is 0 Å². The van der Waals surface area contributed by atoms with E-state index in [0.29, 0.717) is 12.4 Å². The molecule has 96 valence electrons. The number of H-pyrrole nitrogens is 2. The number of hydrogen-bond acceptors (Lipinski definition) is 3. The van der Waals surface area contributed by atoms with Crippen LogP contribution in [-0.4, -0.2) is 26.1 Å². The first-order chi connectivity index (χ1) is 9.24. The highest BCUT2D eigenvalue weighted by Gasteiger charge is 2.12. The number of anilines is 1. The van der Waals surface area contributed by atoms with Crippen molar-refractivity contribution >= 4 is 22.8 Å². The summed E-state index contributed by atoms with van der Waals surface area (Å²) in [6.45, 7) is 1.97. The summed E-state index contributed by atoms with van der Waals surface area (Å²) in [5, 5.41) is 10.0. The lowest BCUT2D eigenvalue weighted by molar-refractivity contribution is -0.115. The molecule has 1 aromatic carbocycles. The second-order valence-corrected chi connectivity index (χ2v) is 4.33. The Hall–Kier alpha value is -2.63. The lowest BCUT2D eigenvalue weighted by Crippen LogP contribution is -2.15. The van der Waals surface area contributed by atoms with Crippen molar-refractivity contribution in [2.75, 3.05) is 5.32 Å². The number of benzene rings is 1. The SMILES string of the molecule is Cc1[nH]c2ccccc2c1CC(=O)Nc1ncn[nH]1. The molecule has 0 spiro atoms. The molecule has 0 atom stereocenters. The second-order valence-electron chi connectivity index (χ2n) is 4.33. The number of aromatic nitrogens is 4. The van der Waals surface area contributed by atoms with E-state index in [1.807, 2.05) is 31.2 Å². The third-order valence-corrected chi connectivity index (χ3v) is 3.04. The number of nitrogens with zero attached hydrogens (tertiary/aromatic N) is 2. The molecule has 0 saturated carbocycles. The van der Waals surface area contributed by atoms with Crippen LogP contribution >= 0.6 is 0 Å². The van der Waals surface area contributed by atoms with E-state index in [4.69, 9.17) is 0 Å². The van der Waals surface area contributed by atoms with E-state index in [1.54, 1.807) is 0 Å². The van der Waals surface area contributed by atoms with Gasteiger partial charge in [0.2, 0.25) is 11.9 Å². The van der Waals surface area contributed by atoms with Crippen molar-refractivity contribution in [2.45, 2.75) is 13.3 Å². The van der Waals surface area contributed by atoms with Gasteiger partial charge in [-0.25, -0.2) is 5.10 Å². The minimum atomic E-state index is -0.121. The molecule has 3 rings (SSSR count). The predicted octanol–water partition coefficient (Wildman–Crippen LogP) is 1.78. The van der Waals surface area contributed by atoms with Crippen LogP contribution in [0.5, 0.6) is 0 Å². The molecular formula is C13H13N5O. The van der Waals surface area contributed by atoms with Gasteiger partial charge in [-0.15, -0.1) is 0 Å². The maximum Gasteiger partial charge on any atom is 0.231 e. The Morgan fingerprint density at radius 2 is 2.21 bits per heavy atom. The predicted molar refractivity (Wildman–Crippen MR) is 71.8 cm³/mol. The Kier molecular flexibility index (Phi) is 2.75. The molecule has 0 bridgehead atoms. The standard InChI is InChI=1S/C13H13N5O/c1-8-10(9-4-2-3-5-11(9)16-8)6-12(19)17-13-14-7-15-18-13/h2-5,7,16H,6H2,1H3,(H2,14,15,17,18,19). The molecule has 0 fully saturated rings. The van der Waals surface area contributed by atoms with Crippen LogP contribution in [0.15, 0.2) is 30.6 Å². The Morgan fingerprint density at radius 3 is 3.00 bits per heavy atom. The zero-order valence-corrected chi connectivity index (χ0v) is 10.4. The third-order valence-electron chi connectivity index (χ3n) is 3.04. The van der Waals surface area contributed by atoms with Gasteiger partial charge in [-0.3, -0.25) is 10.1 Å². The van der Waals surface area contributed by atoms with Gasteiger partial charge in [-0.2, -0.15) is 10.1 Å². The smallest absolute Gasteiger partial charge is 0.231 e. The number of fused-ring (bicyclic) bond motifs is 1. The first kappa shape index (κ1) is 11.5. The van der Waals surface area contributed by atoms with Crippen molar-refractivity contribution in [3.8, 4) is 0 Å². The first-order valence-corrected chi connectivity index (χ1v) is 5.95. The topological polar surface area (TPSA) is 86.5 Å². The van der Waals surface area contributed by atoms with Crippen LogP contribution in [0.25, 0.3) is 10.9 Å². The highest BCUT2D eigenvalue weighted by molar-refractivity contribution is 5.95. The maximum absolute atomic E-state index is 12.0. The molecule has 0 unspecified atom stereocenters. The normalized spacial score (nSPS) is 10.8. The van der Waals surface area contributed by atoms with Crippen molar-refractivity contribution < 1.29 is 4.79 Å². The molecule has 6 heteroatoms. The summed E-state index contributed by atoms with van der Waals surface area (Å²) in [6.07, 6.45) is 1.66. The summed E-state index contributed by atoms with van der Waals surface area (Å²) in [5.41, 5.74) is 3.06. The molecule has 3 N–H and O–H groups in total. The van der Waals surface area contributed by atoms with Crippen molar-refractivity contribution in [2.24, 2.45) is 0 Å². The number of aryl methyl sites for hydroxylation is 1. The zero-order valence-electron chi connectivity index (χ0n) is 10.4. The van der Waals surface area contributed by atoms with Crippen molar-refractivity contribution in [1.29, 1.82) is 0 Å². The summed E-state index contributed by atoms with van der Waals surface area (Å²) in [7, 11) is 0. The molecule has 1 amide bonds. The fourth-order valence-electron chi connectivity index (χ4n) is 2.17. The number of rotatable bonds is 3. The number of carbonyl (C=O) groups excluding carboxylic acids is 1. The minimum absolute atomic E-state index is 0.121. The summed E-state index contributed by atoms with van der Waals surface area (Å²) < 4.78 is 0. The van der Waals surface area contributed by atoms with Gasteiger partial charge in [0, 0.05) is 16.6 Å². The van der Waals surface area contributed by atoms with Gasteiger partial charge >= 0.3 is 0 Å². The monoisotopic (exact) mass is 255 g/mol. The van der Waals surface area contributed by atoms with Crippen LogP contribution in [0.4, 0.5) is 5.95 Å².